The van der Waals surface area contributed by atoms with Crippen molar-refractivity contribution in [3.8, 4) is 5.88 Å². The number of rotatable bonds is 0. The van der Waals surface area contributed by atoms with Crippen LogP contribution in [0.1, 0.15) is 5.56 Å². The lowest BCUT2D eigenvalue weighted by molar-refractivity contribution is 0.458. The van der Waals surface area contributed by atoms with Crippen molar-refractivity contribution in [3.05, 3.63) is 23.9 Å². The van der Waals surface area contributed by atoms with Gasteiger partial charge in [0.15, 0.2) is 5.88 Å². The first-order valence-corrected chi connectivity index (χ1v) is 3.40. The van der Waals surface area contributed by atoms with E-state index in [9.17, 15) is 0 Å². The molecule has 2 aromatic rings. The first-order valence-electron chi connectivity index (χ1n) is 3.40. The maximum atomic E-state index is 9.05. The average molecular weight is 148 g/mol. The van der Waals surface area contributed by atoms with Crippen molar-refractivity contribution in [1.29, 1.82) is 0 Å². The van der Waals surface area contributed by atoms with E-state index in [2.05, 4.69) is 9.97 Å². The lowest BCUT2D eigenvalue weighted by Crippen LogP contribution is -1.76. The van der Waals surface area contributed by atoms with Crippen molar-refractivity contribution in [3.63, 3.8) is 0 Å². The molecule has 3 heteroatoms. The van der Waals surface area contributed by atoms with E-state index in [-0.39, 0.29) is 5.88 Å². The van der Waals surface area contributed by atoms with Gasteiger partial charge in [-0.2, -0.15) is 0 Å². The first-order chi connectivity index (χ1) is 5.25. The Kier molecular flexibility index (Phi) is 1.12. The molecule has 56 valence electrons. The molecular weight excluding hydrogens is 140 g/mol. The molecule has 0 radical (unpaired) electrons. The molecule has 11 heavy (non-hydrogen) atoms. The van der Waals surface area contributed by atoms with Crippen LogP contribution in [0.25, 0.3) is 11.0 Å². The number of fused-ring (bicyclic) bond motifs is 1. The van der Waals surface area contributed by atoms with Gasteiger partial charge in [-0.25, -0.2) is 0 Å². The molecule has 2 heterocycles. The lowest BCUT2D eigenvalue weighted by atomic mass is 10.3. The van der Waals surface area contributed by atoms with Gasteiger partial charge in [0.25, 0.3) is 0 Å². The Balaban J connectivity index is 2.82. The third-order valence-electron chi connectivity index (χ3n) is 1.59. The smallest absolute Gasteiger partial charge is 0.190 e. The highest BCUT2D eigenvalue weighted by Gasteiger charge is 1.98. The van der Waals surface area contributed by atoms with Crippen LogP contribution in [0.2, 0.25) is 0 Å². The van der Waals surface area contributed by atoms with Crippen LogP contribution in [0, 0.1) is 6.92 Å². The second-order valence-corrected chi connectivity index (χ2v) is 2.60. The number of H-pyrrole nitrogens is 1. The highest BCUT2D eigenvalue weighted by Crippen LogP contribution is 2.17. The standard InChI is InChI=1S/C8H8N2O/c1-5-2-7-6(9-4-5)3-8(11)10-7/h2-4,10-11H,1H3. The minimum Gasteiger partial charge on any atom is -0.495 e. The molecule has 3 nitrogen and oxygen atoms in total. The van der Waals surface area contributed by atoms with Crippen molar-refractivity contribution >= 4 is 11.0 Å². The maximum Gasteiger partial charge on any atom is 0.190 e. The zero-order valence-electron chi connectivity index (χ0n) is 6.13. The average Bonchev–Trinajstić information content (AvgIpc) is 2.27. The van der Waals surface area contributed by atoms with Crippen LogP contribution >= 0.6 is 0 Å². The molecule has 0 aliphatic heterocycles. The van der Waals surface area contributed by atoms with Gasteiger partial charge in [0, 0.05) is 12.3 Å². The van der Waals surface area contributed by atoms with E-state index >= 15 is 0 Å². The Morgan fingerprint density at radius 3 is 3.09 bits per heavy atom. The molecule has 0 saturated carbocycles. The Hall–Kier alpha value is -1.51. The van der Waals surface area contributed by atoms with Crippen molar-refractivity contribution in [2.45, 2.75) is 6.92 Å². The Morgan fingerprint density at radius 1 is 1.45 bits per heavy atom. The number of nitrogens with one attached hydrogen (secondary N) is 1. The van der Waals surface area contributed by atoms with E-state index in [1.807, 2.05) is 13.0 Å². The molecule has 0 aliphatic rings. The quantitative estimate of drug-likeness (QED) is 0.595. The molecule has 0 aromatic carbocycles. The summed E-state index contributed by atoms with van der Waals surface area (Å²) in [5.41, 5.74) is 2.76. The molecular formula is C8H8N2O. The van der Waals surface area contributed by atoms with E-state index in [4.69, 9.17) is 5.11 Å². The highest BCUT2D eigenvalue weighted by molar-refractivity contribution is 5.77. The van der Waals surface area contributed by atoms with Gasteiger partial charge in [-0.3, -0.25) is 4.98 Å². The normalized spacial score (nSPS) is 10.6. The predicted molar refractivity (Wildman–Crippen MR) is 42.5 cm³/mol. The molecule has 0 amide bonds. The number of pyridine rings is 1. The summed E-state index contributed by atoms with van der Waals surface area (Å²) in [6, 6.07) is 3.55. The van der Waals surface area contributed by atoms with E-state index in [0.717, 1.165) is 16.6 Å². The van der Waals surface area contributed by atoms with Gasteiger partial charge in [-0.15, -0.1) is 0 Å². The van der Waals surface area contributed by atoms with Crippen LogP contribution in [0.5, 0.6) is 5.88 Å². The highest BCUT2D eigenvalue weighted by atomic mass is 16.3. The number of hydrogen-bond acceptors (Lipinski definition) is 2. The molecule has 0 unspecified atom stereocenters. The van der Waals surface area contributed by atoms with Crippen LogP contribution in [-0.2, 0) is 0 Å². The Bertz CT molecular complexity index is 392. The summed E-state index contributed by atoms with van der Waals surface area (Å²) < 4.78 is 0. The van der Waals surface area contributed by atoms with Gasteiger partial charge in [0.05, 0.1) is 11.0 Å². The van der Waals surface area contributed by atoms with Crippen LogP contribution < -0.4 is 0 Å². The Labute approximate surface area is 63.7 Å². The number of aromatic nitrogens is 2. The van der Waals surface area contributed by atoms with Crippen molar-refractivity contribution in [2.24, 2.45) is 0 Å². The number of aryl methyl sites for hydroxylation is 1. The fourth-order valence-corrected chi connectivity index (χ4v) is 1.10. The van der Waals surface area contributed by atoms with Crippen molar-refractivity contribution in [2.75, 3.05) is 0 Å². The largest absolute Gasteiger partial charge is 0.495 e. The minimum atomic E-state index is 0.165. The topological polar surface area (TPSA) is 48.9 Å². The van der Waals surface area contributed by atoms with Gasteiger partial charge in [0.2, 0.25) is 0 Å². The summed E-state index contributed by atoms with van der Waals surface area (Å²) in [5, 5.41) is 9.05. The van der Waals surface area contributed by atoms with E-state index < -0.39 is 0 Å². The zero-order chi connectivity index (χ0) is 7.84. The molecule has 0 aliphatic carbocycles. The summed E-state index contributed by atoms with van der Waals surface area (Å²) in [5.74, 6) is 0.165. The summed E-state index contributed by atoms with van der Waals surface area (Å²) in [6.07, 6.45) is 1.77. The lowest BCUT2D eigenvalue weighted by Gasteiger charge is -1.89. The van der Waals surface area contributed by atoms with Crippen LogP contribution in [0.3, 0.4) is 0 Å². The second kappa shape index (κ2) is 1.99. The molecule has 0 bridgehead atoms. The zero-order valence-corrected chi connectivity index (χ0v) is 6.13. The molecule has 0 spiro atoms. The maximum absolute atomic E-state index is 9.05. The van der Waals surface area contributed by atoms with E-state index in [1.54, 1.807) is 12.3 Å². The van der Waals surface area contributed by atoms with Gasteiger partial charge in [0.1, 0.15) is 0 Å². The molecule has 2 aromatic heterocycles. The molecule has 2 rings (SSSR count). The molecule has 0 atom stereocenters. The first kappa shape index (κ1) is 6.22. The minimum absolute atomic E-state index is 0.165. The van der Waals surface area contributed by atoms with Crippen LogP contribution in [0.4, 0.5) is 0 Å². The predicted octanol–water partition coefficient (Wildman–Crippen LogP) is 1.58. The second-order valence-electron chi connectivity index (χ2n) is 2.60. The summed E-state index contributed by atoms with van der Waals surface area (Å²) in [7, 11) is 0. The number of aromatic amines is 1. The fourth-order valence-electron chi connectivity index (χ4n) is 1.10. The summed E-state index contributed by atoms with van der Waals surface area (Å²) in [4.78, 5) is 6.90. The number of nitrogens with zero attached hydrogens (tertiary/aromatic N) is 1. The van der Waals surface area contributed by atoms with Gasteiger partial charge < -0.3 is 10.1 Å². The monoisotopic (exact) mass is 148 g/mol. The molecule has 0 saturated heterocycles. The van der Waals surface area contributed by atoms with Gasteiger partial charge in [-0.1, -0.05) is 0 Å². The molecule has 2 N–H and O–H groups in total. The van der Waals surface area contributed by atoms with Gasteiger partial charge >= 0.3 is 0 Å². The third kappa shape index (κ3) is 0.941. The van der Waals surface area contributed by atoms with Crippen molar-refractivity contribution in [1.82, 2.24) is 9.97 Å². The fraction of sp³-hybridized carbons (Fsp3) is 0.125. The van der Waals surface area contributed by atoms with Crippen LogP contribution in [-0.4, -0.2) is 15.1 Å². The van der Waals surface area contributed by atoms with E-state index in [1.165, 1.54) is 0 Å². The summed E-state index contributed by atoms with van der Waals surface area (Å²) in [6.45, 7) is 1.96. The number of aromatic hydroxyl groups is 1. The summed E-state index contributed by atoms with van der Waals surface area (Å²) >= 11 is 0. The van der Waals surface area contributed by atoms with Gasteiger partial charge in [-0.05, 0) is 18.6 Å². The Morgan fingerprint density at radius 2 is 2.27 bits per heavy atom. The SMILES string of the molecule is Cc1cnc2cc(O)[nH]c2c1. The number of hydrogen-bond donors (Lipinski definition) is 2. The molecule has 0 fully saturated rings. The third-order valence-corrected chi connectivity index (χ3v) is 1.59. The van der Waals surface area contributed by atoms with Crippen molar-refractivity contribution < 1.29 is 5.11 Å². The van der Waals surface area contributed by atoms with E-state index in [0.29, 0.717) is 0 Å². The van der Waals surface area contributed by atoms with Crippen LogP contribution in [0.15, 0.2) is 18.3 Å².